The molecule has 1 N–H and O–H groups in total. The molecule has 0 saturated heterocycles. The predicted octanol–water partition coefficient (Wildman–Crippen LogP) is 3.63. The molecule has 0 amide bonds. The summed E-state index contributed by atoms with van der Waals surface area (Å²) in [6.07, 6.45) is 0. The second-order valence-electron chi connectivity index (χ2n) is 4.46. The number of anilines is 1. The molecule has 2 rings (SSSR count). The van der Waals surface area contributed by atoms with Gasteiger partial charge < -0.3 is 10.1 Å². The first-order chi connectivity index (χ1) is 9.63. The van der Waals surface area contributed by atoms with Crippen molar-refractivity contribution >= 4 is 5.69 Å². The smallest absolute Gasteiger partial charge is 0.136 e. The number of hydrogen-bond donors (Lipinski definition) is 1. The van der Waals surface area contributed by atoms with Gasteiger partial charge >= 0.3 is 0 Å². The Morgan fingerprint density at radius 2 is 2.05 bits per heavy atom. The molecule has 0 aliphatic rings. The van der Waals surface area contributed by atoms with Crippen molar-refractivity contribution in [3.05, 3.63) is 58.9 Å². The summed E-state index contributed by atoms with van der Waals surface area (Å²) in [5, 5.41) is 12.1. The van der Waals surface area contributed by atoms with Crippen LogP contribution in [0.15, 0.2) is 36.4 Å². The van der Waals surface area contributed by atoms with Crippen LogP contribution in [0.5, 0.6) is 5.75 Å². The van der Waals surface area contributed by atoms with Gasteiger partial charge in [0.15, 0.2) is 0 Å². The number of benzene rings is 2. The van der Waals surface area contributed by atoms with E-state index in [-0.39, 0.29) is 5.82 Å². The fourth-order valence-corrected chi connectivity index (χ4v) is 1.92. The molecule has 2 aromatic rings. The molecule has 0 heterocycles. The summed E-state index contributed by atoms with van der Waals surface area (Å²) in [5.74, 6) is 0.276. The molecule has 0 spiro atoms. The van der Waals surface area contributed by atoms with E-state index in [0.717, 1.165) is 16.8 Å². The zero-order chi connectivity index (χ0) is 14.5. The van der Waals surface area contributed by atoms with Crippen LogP contribution < -0.4 is 10.1 Å². The van der Waals surface area contributed by atoms with Gasteiger partial charge in [-0.1, -0.05) is 12.1 Å². The fraction of sp³-hybridized carbons (Fsp3) is 0.188. The Balaban J connectivity index is 2.15. The highest BCUT2D eigenvalue weighted by Gasteiger charge is 2.05. The third-order valence-electron chi connectivity index (χ3n) is 3.07. The van der Waals surface area contributed by atoms with Gasteiger partial charge in [0.05, 0.1) is 12.7 Å². The number of ether oxygens (including phenoxy) is 1. The summed E-state index contributed by atoms with van der Waals surface area (Å²) < 4.78 is 18.4. The molecule has 0 aliphatic heterocycles. The van der Waals surface area contributed by atoms with Crippen LogP contribution in [0, 0.1) is 24.1 Å². The SMILES string of the molecule is COc1cc(CNc2cc(F)ccc2C)ccc1C#N. The Morgan fingerprint density at radius 3 is 2.75 bits per heavy atom. The minimum absolute atomic E-state index is 0.268. The topological polar surface area (TPSA) is 45.0 Å². The third kappa shape index (κ3) is 3.07. The van der Waals surface area contributed by atoms with Crippen LogP contribution >= 0.6 is 0 Å². The summed E-state index contributed by atoms with van der Waals surface area (Å²) in [4.78, 5) is 0. The van der Waals surface area contributed by atoms with Gasteiger partial charge in [-0.15, -0.1) is 0 Å². The summed E-state index contributed by atoms with van der Waals surface area (Å²) in [7, 11) is 1.53. The van der Waals surface area contributed by atoms with Gasteiger partial charge in [-0.05, 0) is 42.3 Å². The normalized spacial score (nSPS) is 9.90. The molecule has 4 heteroatoms. The van der Waals surface area contributed by atoms with Crippen molar-refractivity contribution < 1.29 is 9.13 Å². The minimum Gasteiger partial charge on any atom is -0.495 e. The lowest BCUT2D eigenvalue weighted by Gasteiger charge is -2.11. The van der Waals surface area contributed by atoms with Gasteiger partial charge in [-0.25, -0.2) is 4.39 Å². The van der Waals surface area contributed by atoms with E-state index in [1.165, 1.54) is 19.2 Å². The number of halogens is 1. The van der Waals surface area contributed by atoms with E-state index in [2.05, 4.69) is 11.4 Å². The molecule has 2 aromatic carbocycles. The molecule has 3 nitrogen and oxygen atoms in total. The fourth-order valence-electron chi connectivity index (χ4n) is 1.92. The lowest BCUT2D eigenvalue weighted by molar-refractivity contribution is 0.413. The number of aryl methyl sites for hydroxylation is 1. The van der Waals surface area contributed by atoms with Crippen molar-refractivity contribution in [1.82, 2.24) is 0 Å². The molecule has 0 unspecified atom stereocenters. The van der Waals surface area contributed by atoms with Crippen LogP contribution in [0.1, 0.15) is 16.7 Å². The maximum absolute atomic E-state index is 13.2. The monoisotopic (exact) mass is 270 g/mol. The molecule has 0 saturated carbocycles. The van der Waals surface area contributed by atoms with Gasteiger partial charge in [0.1, 0.15) is 17.6 Å². The Labute approximate surface area is 117 Å². The summed E-state index contributed by atoms with van der Waals surface area (Å²) in [6.45, 7) is 2.45. The van der Waals surface area contributed by atoms with E-state index < -0.39 is 0 Å². The Morgan fingerprint density at radius 1 is 1.25 bits per heavy atom. The van der Waals surface area contributed by atoms with Crippen LogP contribution in [0.4, 0.5) is 10.1 Å². The van der Waals surface area contributed by atoms with Crippen molar-refractivity contribution in [2.24, 2.45) is 0 Å². The first-order valence-electron chi connectivity index (χ1n) is 6.21. The minimum atomic E-state index is -0.268. The summed E-state index contributed by atoms with van der Waals surface area (Å²) in [5.41, 5.74) is 3.20. The van der Waals surface area contributed by atoms with Crippen LogP contribution in [-0.4, -0.2) is 7.11 Å². The second-order valence-corrected chi connectivity index (χ2v) is 4.46. The number of nitrogens with zero attached hydrogens (tertiary/aromatic N) is 1. The van der Waals surface area contributed by atoms with Crippen molar-refractivity contribution in [2.75, 3.05) is 12.4 Å². The zero-order valence-electron chi connectivity index (χ0n) is 11.4. The van der Waals surface area contributed by atoms with Gasteiger partial charge in [0.2, 0.25) is 0 Å². The van der Waals surface area contributed by atoms with E-state index in [0.29, 0.717) is 17.9 Å². The quantitative estimate of drug-likeness (QED) is 0.922. The van der Waals surface area contributed by atoms with Crippen LogP contribution in [0.25, 0.3) is 0 Å². The lowest BCUT2D eigenvalue weighted by Crippen LogP contribution is -2.02. The maximum Gasteiger partial charge on any atom is 0.136 e. The van der Waals surface area contributed by atoms with Crippen molar-refractivity contribution in [3.8, 4) is 11.8 Å². The Bertz CT molecular complexity index is 662. The number of nitriles is 1. The van der Waals surface area contributed by atoms with E-state index >= 15 is 0 Å². The number of hydrogen-bond acceptors (Lipinski definition) is 3. The van der Waals surface area contributed by atoms with Gasteiger partial charge in [-0.3, -0.25) is 0 Å². The molecule has 0 aromatic heterocycles. The Hall–Kier alpha value is -2.54. The highest BCUT2D eigenvalue weighted by Crippen LogP contribution is 2.21. The van der Waals surface area contributed by atoms with E-state index in [1.807, 2.05) is 13.0 Å². The Kier molecular flexibility index (Phi) is 4.21. The van der Waals surface area contributed by atoms with Gasteiger partial charge in [0, 0.05) is 12.2 Å². The van der Waals surface area contributed by atoms with Crippen molar-refractivity contribution in [3.63, 3.8) is 0 Å². The van der Waals surface area contributed by atoms with Crippen molar-refractivity contribution in [1.29, 1.82) is 5.26 Å². The number of rotatable bonds is 4. The van der Waals surface area contributed by atoms with E-state index in [4.69, 9.17) is 10.00 Å². The standard InChI is InChI=1S/C16H15FN2O/c1-11-3-6-14(17)8-15(11)19-10-12-4-5-13(9-18)16(7-12)20-2/h3-8,19H,10H2,1-2H3. The summed E-state index contributed by atoms with van der Waals surface area (Å²) >= 11 is 0. The van der Waals surface area contributed by atoms with E-state index in [9.17, 15) is 4.39 Å². The zero-order valence-corrected chi connectivity index (χ0v) is 11.4. The number of nitrogens with one attached hydrogen (secondary N) is 1. The average molecular weight is 270 g/mol. The van der Waals surface area contributed by atoms with Gasteiger partial charge in [0.25, 0.3) is 0 Å². The lowest BCUT2D eigenvalue weighted by atomic mass is 10.1. The molecule has 0 atom stereocenters. The maximum atomic E-state index is 13.2. The largest absolute Gasteiger partial charge is 0.495 e. The number of methoxy groups -OCH3 is 1. The third-order valence-corrected chi connectivity index (χ3v) is 3.07. The van der Waals surface area contributed by atoms with Crippen LogP contribution in [0.3, 0.4) is 0 Å². The van der Waals surface area contributed by atoms with Crippen LogP contribution in [-0.2, 0) is 6.54 Å². The highest BCUT2D eigenvalue weighted by molar-refractivity contribution is 5.52. The molecule has 0 fully saturated rings. The van der Waals surface area contributed by atoms with E-state index in [1.54, 1.807) is 18.2 Å². The van der Waals surface area contributed by atoms with Crippen molar-refractivity contribution in [2.45, 2.75) is 13.5 Å². The molecular formula is C16H15FN2O. The highest BCUT2D eigenvalue weighted by atomic mass is 19.1. The first-order valence-corrected chi connectivity index (χ1v) is 6.21. The molecule has 0 aliphatic carbocycles. The molecule has 0 bridgehead atoms. The predicted molar refractivity (Wildman–Crippen MR) is 76.2 cm³/mol. The van der Waals surface area contributed by atoms with Gasteiger partial charge in [-0.2, -0.15) is 5.26 Å². The van der Waals surface area contributed by atoms with Crippen LogP contribution in [0.2, 0.25) is 0 Å². The molecule has 20 heavy (non-hydrogen) atoms. The molecule has 0 radical (unpaired) electrons. The molecule has 102 valence electrons. The second kappa shape index (κ2) is 6.07. The average Bonchev–Trinajstić information content (AvgIpc) is 2.47. The molecular weight excluding hydrogens is 255 g/mol. The summed E-state index contributed by atoms with van der Waals surface area (Å²) in [6, 6.07) is 12.1. The first kappa shape index (κ1) is 13.9.